The van der Waals surface area contributed by atoms with Gasteiger partial charge in [-0.2, -0.15) is 0 Å². The number of hydrogen-bond donors (Lipinski definition) is 1. The molecule has 0 aliphatic rings. The van der Waals surface area contributed by atoms with E-state index in [0.717, 1.165) is 18.4 Å². The Labute approximate surface area is 121 Å². The number of ether oxygens (including phenoxy) is 1. The van der Waals surface area contributed by atoms with Crippen molar-refractivity contribution in [1.29, 1.82) is 0 Å². The Bertz CT molecular complexity index is 486. The smallest absolute Gasteiger partial charge is 0.242 e. The molecule has 0 aliphatic heterocycles. The maximum absolute atomic E-state index is 12.3. The SMILES string of the molecule is COCCCN(C)S(=O)(=O)c1ccc(CCCN)cc1. The van der Waals surface area contributed by atoms with Gasteiger partial charge < -0.3 is 10.5 Å². The first-order valence-corrected chi connectivity index (χ1v) is 8.20. The number of aryl methyl sites for hydroxylation is 1. The van der Waals surface area contributed by atoms with E-state index in [9.17, 15) is 8.42 Å². The topological polar surface area (TPSA) is 72.6 Å². The van der Waals surface area contributed by atoms with Crippen LogP contribution in [-0.4, -0.2) is 46.6 Å². The number of hydrogen-bond acceptors (Lipinski definition) is 4. The molecule has 0 heterocycles. The summed E-state index contributed by atoms with van der Waals surface area (Å²) in [6.45, 7) is 1.64. The minimum absolute atomic E-state index is 0.328. The summed E-state index contributed by atoms with van der Waals surface area (Å²) < 4.78 is 30.9. The van der Waals surface area contributed by atoms with Gasteiger partial charge >= 0.3 is 0 Å². The van der Waals surface area contributed by atoms with Crippen molar-refractivity contribution in [3.05, 3.63) is 29.8 Å². The van der Waals surface area contributed by atoms with E-state index in [4.69, 9.17) is 10.5 Å². The molecule has 0 aliphatic carbocycles. The molecule has 5 nitrogen and oxygen atoms in total. The fourth-order valence-corrected chi connectivity index (χ4v) is 3.08. The van der Waals surface area contributed by atoms with Crippen LogP contribution >= 0.6 is 0 Å². The predicted molar refractivity (Wildman–Crippen MR) is 80.1 cm³/mol. The molecule has 0 fully saturated rings. The lowest BCUT2D eigenvalue weighted by molar-refractivity contribution is 0.189. The number of rotatable bonds is 9. The van der Waals surface area contributed by atoms with E-state index in [1.165, 1.54) is 4.31 Å². The van der Waals surface area contributed by atoms with Gasteiger partial charge in [-0.1, -0.05) is 12.1 Å². The maximum Gasteiger partial charge on any atom is 0.242 e. The molecule has 0 unspecified atom stereocenters. The van der Waals surface area contributed by atoms with Crippen molar-refractivity contribution in [1.82, 2.24) is 4.31 Å². The zero-order valence-corrected chi connectivity index (χ0v) is 13.0. The lowest BCUT2D eigenvalue weighted by Gasteiger charge is -2.17. The first kappa shape index (κ1) is 17.1. The molecule has 114 valence electrons. The third kappa shape index (κ3) is 4.86. The molecule has 6 heteroatoms. The summed E-state index contributed by atoms with van der Waals surface area (Å²) in [6.07, 6.45) is 2.46. The van der Waals surface area contributed by atoms with Crippen LogP contribution < -0.4 is 5.73 Å². The van der Waals surface area contributed by atoms with Gasteiger partial charge in [0.2, 0.25) is 10.0 Å². The van der Waals surface area contributed by atoms with Crippen LogP contribution in [0.4, 0.5) is 0 Å². The molecule has 0 bridgehead atoms. The van der Waals surface area contributed by atoms with Crippen molar-refractivity contribution in [2.24, 2.45) is 5.73 Å². The van der Waals surface area contributed by atoms with Gasteiger partial charge in [0.15, 0.2) is 0 Å². The molecule has 0 saturated carbocycles. The van der Waals surface area contributed by atoms with Crippen molar-refractivity contribution in [3.63, 3.8) is 0 Å². The summed E-state index contributed by atoms with van der Waals surface area (Å²) in [5.74, 6) is 0. The van der Waals surface area contributed by atoms with Gasteiger partial charge in [0, 0.05) is 27.3 Å². The van der Waals surface area contributed by atoms with E-state index >= 15 is 0 Å². The van der Waals surface area contributed by atoms with E-state index < -0.39 is 10.0 Å². The second-order valence-corrected chi connectivity index (χ2v) is 6.75. The lowest BCUT2D eigenvalue weighted by atomic mass is 10.1. The standard InChI is InChI=1S/C14H24N2O3S/c1-16(11-4-12-19-2)20(17,18)14-8-6-13(7-9-14)5-3-10-15/h6-9H,3-5,10-12,15H2,1-2H3. The molecule has 0 atom stereocenters. The van der Waals surface area contributed by atoms with E-state index in [0.29, 0.717) is 31.0 Å². The first-order chi connectivity index (χ1) is 9.52. The Kier molecular flexibility index (Phi) is 7.15. The third-order valence-electron chi connectivity index (χ3n) is 3.12. The van der Waals surface area contributed by atoms with Crippen LogP contribution in [0, 0.1) is 0 Å². The number of nitrogens with zero attached hydrogens (tertiary/aromatic N) is 1. The van der Waals surface area contributed by atoms with E-state index in [1.54, 1.807) is 26.3 Å². The molecule has 2 N–H and O–H groups in total. The van der Waals surface area contributed by atoms with Crippen LogP contribution in [0.5, 0.6) is 0 Å². The van der Waals surface area contributed by atoms with E-state index in [2.05, 4.69) is 0 Å². The molecular weight excluding hydrogens is 276 g/mol. The molecule has 0 aromatic heterocycles. The highest BCUT2D eigenvalue weighted by atomic mass is 32.2. The third-order valence-corrected chi connectivity index (χ3v) is 4.99. The molecule has 0 saturated heterocycles. The van der Waals surface area contributed by atoms with E-state index in [1.807, 2.05) is 12.1 Å². The van der Waals surface area contributed by atoms with Crippen molar-refractivity contribution < 1.29 is 13.2 Å². The van der Waals surface area contributed by atoms with Crippen LogP contribution in [0.2, 0.25) is 0 Å². The van der Waals surface area contributed by atoms with Gasteiger partial charge in [-0.3, -0.25) is 0 Å². The highest BCUT2D eigenvalue weighted by Crippen LogP contribution is 2.16. The summed E-state index contributed by atoms with van der Waals surface area (Å²) in [6, 6.07) is 7.03. The maximum atomic E-state index is 12.3. The Morgan fingerprint density at radius 1 is 1.20 bits per heavy atom. The second kappa shape index (κ2) is 8.36. The van der Waals surface area contributed by atoms with Crippen molar-refractivity contribution in [2.45, 2.75) is 24.2 Å². The molecule has 0 spiro atoms. The molecule has 0 radical (unpaired) electrons. The zero-order valence-electron chi connectivity index (χ0n) is 12.2. The zero-order chi connectivity index (χ0) is 15.0. The molecule has 20 heavy (non-hydrogen) atoms. The van der Waals surface area contributed by atoms with Crippen LogP contribution in [0.15, 0.2) is 29.2 Å². The monoisotopic (exact) mass is 300 g/mol. The highest BCUT2D eigenvalue weighted by molar-refractivity contribution is 7.89. The summed E-state index contributed by atoms with van der Waals surface area (Å²) in [4.78, 5) is 0.328. The summed E-state index contributed by atoms with van der Waals surface area (Å²) in [5, 5.41) is 0. The van der Waals surface area contributed by atoms with Gasteiger partial charge in [-0.25, -0.2) is 12.7 Å². The number of benzene rings is 1. The van der Waals surface area contributed by atoms with Gasteiger partial charge in [0.1, 0.15) is 0 Å². The minimum Gasteiger partial charge on any atom is -0.385 e. The van der Waals surface area contributed by atoms with Gasteiger partial charge in [0.05, 0.1) is 4.90 Å². The normalized spacial score (nSPS) is 12.0. The van der Waals surface area contributed by atoms with Crippen LogP contribution in [0.25, 0.3) is 0 Å². The average molecular weight is 300 g/mol. The summed E-state index contributed by atoms with van der Waals surface area (Å²) in [5.41, 5.74) is 6.57. The average Bonchev–Trinajstić information content (AvgIpc) is 2.45. The number of methoxy groups -OCH3 is 1. The number of nitrogens with two attached hydrogens (primary N) is 1. The van der Waals surface area contributed by atoms with E-state index in [-0.39, 0.29) is 0 Å². The minimum atomic E-state index is -3.40. The fourth-order valence-electron chi connectivity index (χ4n) is 1.87. The number of sulfonamides is 1. The molecular formula is C14H24N2O3S. The predicted octanol–water partition coefficient (Wildman–Crippen LogP) is 1.23. The van der Waals surface area contributed by atoms with Gasteiger partial charge in [-0.15, -0.1) is 0 Å². The fraction of sp³-hybridized carbons (Fsp3) is 0.571. The van der Waals surface area contributed by atoms with Crippen LogP contribution in [-0.2, 0) is 21.2 Å². The molecule has 1 aromatic carbocycles. The van der Waals surface area contributed by atoms with Crippen LogP contribution in [0.1, 0.15) is 18.4 Å². The largest absolute Gasteiger partial charge is 0.385 e. The first-order valence-electron chi connectivity index (χ1n) is 6.76. The molecule has 1 rings (SSSR count). The van der Waals surface area contributed by atoms with Crippen molar-refractivity contribution in [3.8, 4) is 0 Å². The van der Waals surface area contributed by atoms with Gasteiger partial charge in [0.25, 0.3) is 0 Å². The molecule has 0 amide bonds. The Morgan fingerprint density at radius 3 is 2.40 bits per heavy atom. The quantitative estimate of drug-likeness (QED) is 0.696. The van der Waals surface area contributed by atoms with Crippen molar-refractivity contribution in [2.75, 3.05) is 33.9 Å². The molecule has 1 aromatic rings. The van der Waals surface area contributed by atoms with Crippen LogP contribution in [0.3, 0.4) is 0 Å². The Morgan fingerprint density at radius 2 is 1.85 bits per heavy atom. The Balaban J connectivity index is 2.71. The van der Waals surface area contributed by atoms with Crippen molar-refractivity contribution >= 4 is 10.0 Å². The highest BCUT2D eigenvalue weighted by Gasteiger charge is 2.19. The summed E-state index contributed by atoms with van der Waals surface area (Å²) >= 11 is 0. The summed E-state index contributed by atoms with van der Waals surface area (Å²) in [7, 11) is -0.207. The Hall–Kier alpha value is -0.950. The second-order valence-electron chi connectivity index (χ2n) is 4.71. The lowest BCUT2D eigenvalue weighted by Crippen LogP contribution is -2.28. The van der Waals surface area contributed by atoms with Gasteiger partial charge in [-0.05, 0) is 43.5 Å².